The minimum atomic E-state index is -1.04. The fourth-order valence-electron chi connectivity index (χ4n) is 3.90. The van der Waals surface area contributed by atoms with E-state index >= 15 is 0 Å². The van der Waals surface area contributed by atoms with Gasteiger partial charge in [-0.25, -0.2) is 9.37 Å². The molecule has 2 aromatic carbocycles. The average molecular weight is 435 g/mol. The number of carbonyl (C=O) groups excluding carboxylic acids is 2. The first-order valence-corrected chi connectivity index (χ1v) is 10.1. The number of carbonyl (C=O) groups is 2. The molecule has 164 valence electrons. The molecule has 1 fully saturated rings. The van der Waals surface area contributed by atoms with Crippen LogP contribution in [-0.2, 0) is 16.1 Å². The average Bonchev–Trinajstić information content (AvgIpc) is 3.41. The van der Waals surface area contributed by atoms with Crippen molar-refractivity contribution in [2.45, 2.75) is 19.0 Å². The van der Waals surface area contributed by atoms with E-state index in [0.717, 1.165) is 0 Å². The van der Waals surface area contributed by atoms with Crippen molar-refractivity contribution in [2.24, 2.45) is 0 Å². The Morgan fingerprint density at radius 1 is 1.16 bits per heavy atom. The van der Waals surface area contributed by atoms with Crippen LogP contribution in [0.15, 0.2) is 72.8 Å². The number of nitrogens with zero attached hydrogens (tertiary/aromatic N) is 3. The van der Waals surface area contributed by atoms with Crippen molar-refractivity contribution in [3.05, 3.63) is 89.8 Å². The maximum absolute atomic E-state index is 14.8. The van der Waals surface area contributed by atoms with Gasteiger partial charge in [0.1, 0.15) is 17.3 Å². The van der Waals surface area contributed by atoms with E-state index in [1.54, 1.807) is 49.1 Å². The highest BCUT2D eigenvalue weighted by molar-refractivity contribution is 6.46. The molecule has 1 N–H and O–H groups in total. The Bertz CT molecular complexity index is 1170. The molecule has 1 atom stereocenters. The molecule has 32 heavy (non-hydrogen) atoms. The number of ketones is 1. The van der Waals surface area contributed by atoms with Gasteiger partial charge in [-0.1, -0.05) is 30.3 Å². The standard InChI is InChI=1S/C24H22FN3O4/c1-32-17-7-4-6-16(14-17)22(29)20-21(18-8-2-3-9-19(18)25)28(24(31)23(20)30)12-5-11-27-13-10-26-15-27/h2-4,6-10,13-15,21,29H,5,11-12H2,1H3/t21-/m1/s1. The second-order valence-electron chi connectivity index (χ2n) is 7.40. The Hall–Kier alpha value is -3.94. The number of amides is 1. The number of aliphatic hydroxyl groups is 1. The smallest absolute Gasteiger partial charge is 0.295 e. The van der Waals surface area contributed by atoms with E-state index in [4.69, 9.17) is 4.74 Å². The molecule has 1 aliphatic rings. The van der Waals surface area contributed by atoms with Gasteiger partial charge in [0, 0.05) is 36.6 Å². The van der Waals surface area contributed by atoms with Crippen LogP contribution < -0.4 is 4.74 Å². The van der Waals surface area contributed by atoms with Crippen molar-refractivity contribution in [3.63, 3.8) is 0 Å². The first-order valence-electron chi connectivity index (χ1n) is 10.1. The highest BCUT2D eigenvalue weighted by Crippen LogP contribution is 2.40. The summed E-state index contributed by atoms with van der Waals surface area (Å²) in [5, 5.41) is 11.0. The fourth-order valence-corrected chi connectivity index (χ4v) is 3.90. The van der Waals surface area contributed by atoms with Crippen LogP contribution in [-0.4, -0.2) is 44.9 Å². The van der Waals surface area contributed by atoms with Gasteiger partial charge in [-0.15, -0.1) is 0 Å². The Labute approximate surface area is 184 Å². The largest absolute Gasteiger partial charge is 0.507 e. The van der Waals surface area contributed by atoms with E-state index in [-0.39, 0.29) is 23.4 Å². The normalized spacial score (nSPS) is 17.7. The minimum Gasteiger partial charge on any atom is -0.507 e. The van der Waals surface area contributed by atoms with Crippen molar-refractivity contribution < 1.29 is 23.8 Å². The number of aromatic nitrogens is 2. The monoisotopic (exact) mass is 435 g/mol. The number of ether oxygens (including phenoxy) is 1. The fraction of sp³-hybridized carbons (Fsp3) is 0.208. The van der Waals surface area contributed by atoms with Crippen LogP contribution >= 0.6 is 0 Å². The zero-order valence-corrected chi connectivity index (χ0v) is 17.4. The minimum absolute atomic E-state index is 0.143. The van der Waals surface area contributed by atoms with Gasteiger partial charge in [0.2, 0.25) is 0 Å². The number of Topliss-reactive ketones (excluding diaryl/α,β-unsaturated/α-hetero) is 1. The van der Waals surface area contributed by atoms with Gasteiger partial charge >= 0.3 is 0 Å². The second-order valence-corrected chi connectivity index (χ2v) is 7.40. The quantitative estimate of drug-likeness (QED) is 0.349. The predicted octanol–water partition coefficient (Wildman–Crippen LogP) is 3.54. The zero-order chi connectivity index (χ0) is 22.7. The summed E-state index contributed by atoms with van der Waals surface area (Å²) in [5.41, 5.74) is 0.317. The van der Waals surface area contributed by atoms with Gasteiger partial charge in [-0.3, -0.25) is 9.59 Å². The highest BCUT2D eigenvalue weighted by atomic mass is 19.1. The molecule has 1 aromatic heterocycles. The second kappa shape index (κ2) is 9.05. The number of methoxy groups -OCH3 is 1. The lowest BCUT2D eigenvalue weighted by Gasteiger charge is -2.25. The lowest BCUT2D eigenvalue weighted by molar-refractivity contribution is -0.140. The first-order chi connectivity index (χ1) is 15.5. The summed E-state index contributed by atoms with van der Waals surface area (Å²) in [7, 11) is 1.48. The lowest BCUT2D eigenvalue weighted by Crippen LogP contribution is -2.31. The third kappa shape index (κ3) is 3.99. The third-order valence-electron chi connectivity index (χ3n) is 5.46. The van der Waals surface area contributed by atoms with Gasteiger partial charge in [0.25, 0.3) is 11.7 Å². The molecular weight excluding hydrogens is 413 g/mol. The molecule has 0 spiro atoms. The van der Waals surface area contributed by atoms with Crippen molar-refractivity contribution in [2.75, 3.05) is 13.7 Å². The molecule has 0 bridgehead atoms. The molecule has 8 heteroatoms. The third-order valence-corrected chi connectivity index (χ3v) is 5.46. The number of benzene rings is 2. The van der Waals surface area contributed by atoms with Crippen LogP contribution in [0.3, 0.4) is 0 Å². The molecule has 0 unspecified atom stereocenters. The molecule has 0 radical (unpaired) electrons. The molecule has 2 heterocycles. The maximum atomic E-state index is 14.8. The van der Waals surface area contributed by atoms with E-state index in [1.807, 2.05) is 4.57 Å². The summed E-state index contributed by atoms with van der Waals surface area (Å²) in [6.07, 6.45) is 5.63. The van der Waals surface area contributed by atoms with Gasteiger partial charge in [-0.2, -0.15) is 0 Å². The molecule has 1 aliphatic heterocycles. The molecular formula is C24H22FN3O4. The van der Waals surface area contributed by atoms with Crippen molar-refractivity contribution in [1.29, 1.82) is 0 Å². The summed E-state index contributed by atoms with van der Waals surface area (Å²) < 4.78 is 21.8. The van der Waals surface area contributed by atoms with Crippen LogP contribution in [0.4, 0.5) is 4.39 Å². The van der Waals surface area contributed by atoms with Crippen LogP contribution in [0, 0.1) is 5.82 Å². The number of hydrogen-bond acceptors (Lipinski definition) is 5. The van der Waals surface area contributed by atoms with E-state index < -0.39 is 23.5 Å². The zero-order valence-electron chi connectivity index (χ0n) is 17.4. The van der Waals surface area contributed by atoms with E-state index in [1.165, 1.54) is 30.2 Å². The number of likely N-dealkylation sites (tertiary alicyclic amines) is 1. The van der Waals surface area contributed by atoms with Crippen molar-refractivity contribution in [1.82, 2.24) is 14.5 Å². The summed E-state index contributed by atoms with van der Waals surface area (Å²) in [5.74, 6) is -2.07. The predicted molar refractivity (Wildman–Crippen MR) is 115 cm³/mol. The number of halogens is 1. The molecule has 0 aliphatic carbocycles. The highest BCUT2D eigenvalue weighted by Gasteiger charge is 2.46. The molecule has 0 saturated carbocycles. The van der Waals surface area contributed by atoms with E-state index in [0.29, 0.717) is 24.3 Å². The number of imidazole rings is 1. The van der Waals surface area contributed by atoms with E-state index in [9.17, 15) is 19.1 Å². The number of aliphatic hydroxyl groups excluding tert-OH is 1. The maximum Gasteiger partial charge on any atom is 0.295 e. The van der Waals surface area contributed by atoms with Crippen LogP contribution in [0.25, 0.3) is 5.76 Å². The molecule has 4 rings (SSSR count). The van der Waals surface area contributed by atoms with Crippen LogP contribution in [0.2, 0.25) is 0 Å². The van der Waals surface area contributed by atoms with E-state index in [2.05, 4.69) is 4.98 Å². The van der Waals surface area contributed by atoms with Gasteiger partial charge < -0.3 is 19.3 Å². The SMILES string of the molecule is COc1cccc(C(O)=C2C(=O)C(=O)N(CCCn3ccnc3)[C@@H]2c2ccccc2F)c1. The Morgan fingerprint density at radius 2 is 1.97 bits per heavy atom. The summed E-state index contributed by atoms with van der Waals surface area (Å²) >= 11 is 0. The number of aryl methyl sites for hydroxylation is 1. The Morgan fingerprint density at radius 3 is 2.69 bits per heavy atom. The summed E-state index contributed by atoms with van der Waals surface area (Å²) in [4.78, 5) is 31.2. The molecule has 3 aromatic rings. The number of rotatable bonds is 7. The molecule has 1 saturated heterocycles. The summed E-state index contributed by atoms with van der Waals surface area (Å²) in [6, 6.07) is 11.4. The molecule has 1 amide bonds. The Balaban J connectivity index is 1.76. The summed E-state index contributed by atoms with van der Waals surface area (Å²) in [6.45, 7) is 0.777. The lowest BCUT2D eigenvalue weighted by atomic mass is 9.95. The topological polar surface area (TPSA) is 84.7 Å². The van der Waals surface area contributed by atoms with Gasteiger partial charge in [0.15, 0.2) is 0 Å². The van der Waals surface area contributed by atoms with Gasteiger partial charge in [-0.05, 0) is 24.6 Å². The molecule has 7 nitrogen and oxygen atoms in total. The van der Waals surface area contributed by atoms with Crippen LogP contribution in [0.5, 0.6) is 5.75 Å². The first kappa shape index (κ1) is 21.3. The Kier molecular flexibility index (Phi) is 6.02. The van der Waals surface area contributed by atoms with Crippen LogP contribution in [0.1, 0.15) is 23.6 Å². The van der Waals surface area contributed by atoms with Crippen molar-refractivity contribution >= 4 is 17.4 Å². The van der Waals surface area contributed by atoms with Crippen molar-refractivity contribution in [3.8, 4) is 5.75 Å². The number of hydrogen-bond donors (Lipinski definition) is 1. The van der Waals surface area contributed by atoms with Gasteiger partial charge in [0.05, 0.1) is 25.1 Å².